The van der Waals surface area contributed by atoms with Crippen molar-refractivity contribution < 1.29 is 4.79 Å². The van der Waals surface area contributed by atoms with Crippen molar-refractivity contribution in [2.45, 2.75) is 30.8 Å². The van der Waals surface area contributed by atoms with Crippen LogP contribution in [0, 0.1) is 0 Å². The first-order chi connectivity index (χ1) is 5.62. The van der Waals surface area contributed by atoms with Crippen LogP contribution in [-0.2, 0) is 4.79 Å². The third-order valence-electron chi connectivity index (χ3n) is 2.88. The number of carbonyl (C=O) groups is 1. The molecule has 1 amide bonds. The van der Waals surface area contributed by atoms with Crippen molar-refractivity contribution in [3.05, 3.63) is 0 Å². The summed E-state index contributed by atoms with van der Waals surface area (Å²) in [6, 6.07) is 0.690. The van der Waals surface area contributed by atoms with Crippen LogP contribution in [0.15, 0.2) is 0 Å². The molecular weight excluding hydrogens is 154 g/mol. The number of carbonyl (C=O) groups excluding carboxylic acids is 1. The van der Waals surface area contributed by atoms with Crippen molar-refractivity contribution in [3.8, 4) is 0 Å². The number of rotatable bonds is 2. The maximum Gasteiger partial charge on any atom is 0.238 e. The van der Waals surface area contributed by atoms with Crippen molar-refractivity contribution in [2.24, 2.45) is 11.5 Å². The van der Waals surface area contributed by atoms with E-state index in [1.807, 2.05) is 0 Å². The van der Waals surface area contributed by atoms with Crippen LogP contribution in [0.5, 0.6) is 0 Å². The highest BCUT2D eigenvalue weighted by atomic mass is 16.1. The molecule has 0 bridgehead atoms. The molecule has 1 atom stereocenters. The monoisotopic (exact) mass is 169 g/mol. The summed E-state index contributed by atoms with van der Waals surface area (Å²) in [6.07, 6.45) is 3.24. The van der Waals surface area contributed by atoms with Gasteiger partial charge in [0.25, 0.3) is 0 Å². The van der Waals surface area contributed by atoms with Crippen LogP contribution in [-0.4, -0.2) is 35.5 Å². The highest BCUT2D eigenvalue weighted by Crippen LogP contribution is 2.32. The summed E-state index contributed by atoms with van der Waals surface area (Å²) in [5.41, 5.74) is 10.3. The van der Waals surface area contributed by atoms with Gasteiger partial charge in [0.1, 0.15) is 5.54 Å². The zero-order chi connectivity index (χ0) is 8.77. The number of likely N-dealkylation sites (tertiary alicyclic amines) is 1. The molecule has 4 N–H and O–H groups in total. The van der Waals surface area contributed by atoms with Crippen molar-refractivity contribution in [3.63, 3.8) is 0 Å². The zero-order valence-electron chi connectivity index (χ0n) is 7.12. The maximum atomic E-state index is 11.0. The summed E-state index contributed by atoms with van der Waals surface area (Å²) in [5, 5.41) is 0. The van der Waals surface area contributed by atoms with Crippen LogP contribution < -0.4 is 11.5 Å². The van der Waals surface area contributed by atoms with Gasteiger partial charge in [0.15, 0.2) is 0 Å². The van der Waals surface area contributed by atoms with Crippen LogP contribution >= 0.6 is 0 Å². The SMILES string of the molecule is NC(=O)C1(N)CCN(C2CC2)C1. The van der Waals surface area contributed by atoms with Crippen molar-refractivity contribution in [1.29, 1.82) is 0 Å². The van der Waals surface area contributed by atoms with Crippen molar-refractivity contribution >= 4 is 5.91 Å². The van der Waals surface area contributed by atoms with Crippen LogP contribution in [0.4, 0.5) is 0 Å². The van der Waals surface area contributed by atoms with Gasteiger partial charge in [-0.3, -0.25) is 9.69 Å². The van der Waals surface area contributed by atoms with E-state index in [2.05, 4.69) is 4.90 Å². The molecule has 0 radical (unpaired) electrons. The maximum absolute atomic E-state index is 11.0. The Balaban J connectivity index is 1.99. The molecule has 1 unspecified atom stereocenters. The van der Waals surface area contributed by atoms with Gasteiger partial charge in [-0.15, -0.1) is 0 Å². The Morgan fingerprint density at radius 3 is 2.58 bits per heavy atom. The summed E-state index contributed by atoms with van der Waals surface area (Å²) >= 11 is 0. The number of hydrogen-bond donors (Lipinski definition) is 2. The Morgan fingerprint density at radius 2 is 2.17 bits per heavy atom. The van der Waals surface area contributed by atoms with E-state index in [1.54, 1.807) is 0 Å². The second-order valence-corrected chi connectivity index (χ2v) is 3.97. The molecule has 1 heterocycles. The second-order valence-electron chi connectivity index (χ2n) is 3.97. The molecule has 2 aliphatic rings. The van der Waals surface area contributed by atoms with E-state index >= 15 is 0 Å². The smallest absolute Gasteiger partial charge is 0.238 e. The molecule has 1 saturated carbocycles. The van der Waals surface area contributed by atoms with Crippen LogP contribution in [0.25, 0.3) is 0 Å². The topological polar surface area (TPSA) is 72.3 Å². The molecular formula is C8H15N3O. The van der Waals surface area contributed by atoms with Gasteiger partial charge < -0.3 is 11.5 Å². The van der Waals surface area contributed by atoms with E-state index < -0.39 is 5.54 Å². The molecule has 0 aromatic rings. The highest BCUT2D eigenvalue weighted by Gasteiger charge is 2.44. The lowest BCUT2D eigenvalue weighted by molar-refractivity contribution is -0.122. The van der Waals surface area contributed by atoms with Crippen molar-refractivity contribution in [1.82, 2.24) is 4.90 Å². The average molecular weight is 169 g/mol. The van der Waals surface area contributed by atoms with Gasteiger partial charge in [0.2, 0.25) is 5.91 Å². The van der Waals surface area contributed by atoms with E-state index in [0.29, 0.717) is 12.6 Å². The molecule has 4 nitrogen and oxygen atoms in total. The molecule has 1 aliphatic heterocycles. The minimum absolute atomic E-state index is 0.356. The first-order valence-electron chi connectivity index (χ1n) is 4.45. The molecule has 68 valence electrons. The minimum Gasteiger partial charge on any atom is -0.368 e. The van der Waals surface area contributed by atoms with Crippen LogP contribution in [0.3, 0.4) is 0 Å². The predicted octanol–water partition coefficient (Wildman–Crippen LogP) is -0.963. The standard InChI is InChI=1S/C8H15N3O/c9-7(12)8(10)3-4-11(5-8)6-1-2-6/h6H,1-5,10H2,(H2,9,12). The lowest BCUT2D eigenvalue weighted by Crippen LogP contribution is -2.53. The lowest BCUT2D eigenvalue weighted by atomic mass is 10.00. The zero-order valence-corrected chi connectivity index (χ0v) is 7.12. The van der Waals surface area contributed by atoms with E-state index in [-0.39, 0.29) is 5.91 Å². The average Bonchev–Trinajstić information content (AvgIpc) is 2.76. The molecule has 2 rings (SSSR count). The molecule has 0 aromatic heterocycles. The largest absolute Gasteiger partial charge is 0.368 e. The van der Waals surface area contributed by atoms with E-state index in [9.17, 15) is 4.79 Å². The van der Waals surface area contributed by atoms with E-state index in [4.69, 9.17) is 11.5 Å². The Bertz CT molecular complexity index is 214. The summed E-state index contributed by atoms with van der Waals surface area (Å²) in [4.78, 5) is 13.3. The van der Waals surface area contributed by atoms with E-state index in [0.717, 1.165) is 13.0 Å². The van der Waals surface area contributed by atoms with Crippen LogP contribution in [0.2, 0.25) is 0 Å². The molecule has 0 spiro atoms. The lowest BCUT2D eigenvalue weighted by Gasteiger charge is -2.20. The predicted molar refractivity (Wildman–Crippen MR) is 45.3 cm³/mol. The number of amides is 1. The first-order valence-corrected chi connectivity index (χ1v) is 4.45. The Kier molecular flexibility index (Phi) is 1.63. The fraction of sp³-hybridized carbons (Fsp3) is 0.875. The Hall–Kier alpha value is -0.610. The highest BCUT2D eigenvalue weighted by molar-refractivity contribution is 5.85. The molecule has 12 heavy (non-hydrogen) atoms. The van der Waals surface area contributed by atoms with Gasteiger partial charge in [-0.25, -0.2) is 0 Å². The normalized spacial score (nSPS) is 37.1. The third kappa shape index (κ3) is 1.21. The second kappa shape index (κ2) is 2.44. The summed E-state index contributed by atoms with van der Waals surface area (Å²) in [5.74, 6) is -0.356. The molecule has 2 fully saturated rings. The summed E-state index contributed by atoms with van der Waals surface area (Å²) in [7, 11) is 0. The van der Waals surface area contributed by atoms with Gasteiger partial charge in [0.05, 0.1) is 0 Å². The van der Waals surface area contributed by atoms with Gasteiger partial charge in [-0.05, 0) is 19.3 Å². The van der Waals surface area contributed by atoms with Gasteiger partial charge in [0, 0.05) is 19.1 Å². The number of hydrogen-bond acceptors (Lipinski definition) is 3. The summed E-state index contributed by atoms with van der Waals surface area (Å²) in [6.45, 7) is 1.59. The molecule has 1 saturated heterocycles. The Morgan fingerprint density at radius 1 is 1.50 bits per heavy atom. The molecule has 4 heteroatoms. The van der Waals surface area contributed by atoms with E-state index in [1.165, 1.54) is 12.8 Å². The summed E-state index contributed by atoms with van der Waals surface area (Å²) < 4.78 is 0. The minimum atomic E-state index is -0.747. The first kappa shape index (κ1) is 8.01. The third-order valence-corrected chi connectivity index (χ3v) is 2.88. The van der Waals surface area contributed by atoms with Gasteiger partial charge in [-0.1, -0.05) is 0 Å². The molecule has 0 aromatic carbocycles. The van der Waals surface area contributed by atoms with Crippen molar-refractivity contribution in [2.75, 3.05) is 13.1 Å². The number of nitrogens with zero attached hydrogens (tertiary/aromatic N) is 1. The molecule has 1 aliphatic carbocycles. The number of nitrogens with two attached hydrogens (primary N) is 2. The Labute approximate surface area is 71.9 Å². The fourth-order valence-electron chi connectivity index (χ4n) is 1.82. The number of primary amides is 1. The van der Waals surface area contributed by atoms with Crippen LogP contribution in [0.1, 0.15) is 19.3 Å². The fourth-order valence-corrected chi connectivity index (χ4v) is 1.82. The quantitative estimate of drug-likeness (QED) is 0.559. The van der Waals surface area contributed by atoms with Gasteiger partial charge in [-0.2, -0.15) is 0 Å². The van der Waals surface area contributed by atoms with Gasteiger partial charge >= 0.3 is 0 Å².